The molecule has 4 nitrogen and oxygen atoms in total. The van der Waals surface area contributed by atoms with E-state index in [9.17, 15) is 15.0 Å². The summed E-state index contributed by atoms with van der Waals surface area (Å²) < 4.78 is 0. The largest absolute Gasteiger partial charge is 0.394 e. The van der Waals surface area contributed by atoms with E-state index in [1.54, 1.807) is 6.08 Å². The van der Waals surface area contributed by atoms with E-state index in [1.807, 2.05) is 6.08 Å². The zero-order valence-electron chi connectivity index (χ0n) is 45.4. The summed E-state index contributed by atoms with van der Waals surface area (Å²) in [6.07, 6.45) is 81.6. The maximum Gasteiger partial charge on any atom is 0.220 e. The van der Waals surface area contributed by atoms with Gasteiger partial charge in [0.2, 0.25) is 5.91 Å². The van der Waals surface area contributed by atoms with Gasteiger partial charge in [0.15, 0.2) is 0 Å². The molecule has 0 radical (unpaired) electrons. The third kappa shape index (κ3) is 55.2. The van der Waals surface area contributed by atoms with Gasteiger partial charge in [-0.25, -0.2) is 0 Å². The highest BCUT2D eigenvalue weighted by Gasteiger charge is 2.18. The van der Waals surface area contributed by atoms with Crippen LogP contribution in [0.4, 0.5) is 0 Å². The molecule has 0 saturated carbocycles. The molecule has 2 atom stereocenters. The Morgan fingerprint density at radius 2 is 0.582 bits per heavy atom. The number of hydrogen-bond acceptors (Lipinski definition) is 3. The van der Waals surface area contributed by atoms with Gasteiger partial charge in [-0.15, -0.1) is 0 Å². The molecule has 0 aromatic heterocycles. The van der Waals surface area contributed by atoms with E-state index in [1.165, 1.54) is 270 Å². The molecular formula is C63H119NO3. The van der Waals surface area contributed by atoms with E-state index >= 15 is 0 Å². The van der Waals surface area contributed by atoms with Crippen molar-refractivity contribution in [1.29, 1.82) is 0 Å². The lowest BCUT2D eigenvalue weighted by molar-refractivity contribution is -0.123. The lowest BCUT2D eigenvalue weighted by Gasteiger charge is -2.19. The smallest absolute Gasteiger partial charge is 0.220 e. The molecule has 0 aliphatic rings. The summed E-state index contributed by atoms with van der Waals surface area (Å²) in [7, 11) is 0. The summed E-state index contributed by atoms with van der Waals surface area (Å²) in [5.74, 6) is -0.0727. The number of rotatable bonds is 56. The molecule has 394 valence electrons. The van der Waals surface area contributed by atoms with Crippen LogP contribution in [0.2, 0.25) is 0 Å². The van der Waals surface area contributed by atoms with Crippen molar-refractivity contribution in [2.75, 3.05) is 6.61 Å². The normalized spacial score (nSPS) is 13.1. The van der Waals surface area contributed by atoms with E-state index in [-0.39, 0.29) is 12.5 Å². The first-order valence-electron chi connectivity index (χ1n) is 30.4. The highest BCUT2D eigenvalue weighted by atomic mass is 16.3. The van der Waals surface area contributed by atoms with Gasteiger partial charge in [0.25, 0.3) is 0 Å². The zero-order chi connectivity index (χ0) is 48.5. The summed E-state index contributed by atoms with van der Waals surface area (Å²) in [5.41, 5.74) is 0. The molecule has 0 heterocycles. The molecule has 0 aliphatic heterocycles. The molecule has 67 heavy (non-hydrogen) atoms. The maximum absolute atomic E-state index is 12.5. The van der Waals surface area contributed by atoms with E-state index < -0.39 is 12.1 Å². The first-order chi connectivity index (χ1) is 33.2. The molecule has 1 amide bonds. The molecule has 2 unspecified atom stereocenters. The van der Waals surface area contributed by atoms with Crippen LogP contribution >= 0.6 is 0 Å². The number of aliphatic hydroxyl groups is 2. The number of hydrogen-bond donors (Lipinski definition) is 3. The molecule has 0 spiro atoms. The summed E-state index contributed by atoms with van der Waals surface area (Å²) >= 11 is 0. The second-order valence-electron chi connectivity index (χ2n) is 20.7. The zero-order valence-corrected chi connectivity index (χ0v) is 45.4. The van der Waals surface area contributed by atoms with Crippen molar-refractivity contribution in [1.82, 2.24) is 5.32 Å². The molecule has 0 bridgehead atoms. The minimum atomic E-state index is -0.871. The Kier molecular flexibility index (Phi) is 57.2. The van der Waals surface area contributed by atoms with Crippen molar-refractivity contribution >= 4 is 5.91 Å². The monoisotopic (exact) mass is 938 g/mol. The van der Waals surface area contributed by atoms with Crippen molar-refractivity contribution in [3.05, 3.63) is 48.6 Å². The van der Waals surface area contributed by atoms with Crippen molar-refractivity contribution in [3.63, 3.8) is 0 Å². The number of aliphatic hydroxyl groups excluding tert-OH is 2. The Morgan fingerprint density at radius 3 is 0.866 bits per heavy atom. The number of amides is 1. The van der Waals surface area contributed by atoms with E-state index in [0.29, 0.717) is 6.42 Å². The van der Waals surface area contributed by atoms with Crippen LogP contribution in [-0.4, -0.2) is 34.9 Å². The quantitative estimate of drug-likeness (QED) is 0.0420. The Balaban J connectivity index is 3.50. The van der Waals surface area contributed by atoms with Crippen LogP contribution in [0.25, 0.3) is 0 Å². The third-order valence-corrected chi connectivity index (χ3v) is 14.0. The molecule has 0 fully saturated rings. The molecule has 4 heteroatoms. The predicted octanol–water partition coefficient (Wildman–Crippen LogP) is 20.2. The summed E-state index contributed by atoms with van der Waals surface area (Å²) in [5, 5.41) is 23.2. The van der Waals surface area contributed by atoms with Gasteiger partial charge in [0.05, 0.1) is 18.8 Å². The molecule has 0 rings (SSSR count). The SMILES string of the molecule is CCCCCCCCCC/C=C\CCCCCCCCCCCCCCCCCCCCCC(=O)NC(CO)C(O)/C=C/CC/C=C/CC/C=C/CCCCCCCCCCCCCCCC. The Hall–Kier alpha value is -1.65. The van der Waals surface area contributed by atoms with Crippen LogP contribution in [-0.2, 0) is 4.79 Å². The molecule has 0 saturated heterocycles. The fourth-order valence-electron chi connectivity index (χ4n) is 9.39. The summed E-state index contributed by atoms with van der Waals surface area (Å²) in [4.78, 5) is 12.5. The number of carbonyl (C=O) groups excluding carboxylic acids is 1. The van der Waals surface area contributed by atoms with E-state index in [0.717, 1.165) is 38.5 Å². The molecule has 3 N–H and O–H groups in total. The van der Waals surface area contributed by atoms with Crippen LogP contribution in [0, 0.1) is 0 Å². The lowest BCUT2D eigenvalue weighted by Crippen LogP contribution is -2.45. The summed E-state index contributed by atoms with van der Waals surface area (Å²) in [6.45, 7) is 4.33. The minimum absolute atomic E-state index is 0.0727. The fraction of sp³-hybridized carbons (Fsp3) is 0.857. The lowest BCUT2D eigenvalue weighted by atomic mass is 10.0. The van der Waals surface area contributed by atoms with E-state index in [2.05, 4.69) is 55.6 Å². The van der Waals surface area contributed by atoms with Crippen molar-refractivity contribution < 1.29 is 15.0 Å². The Labute approximate surface area is 420 Å². The maximum atomic E-state index is 12.5. The molecule has 0 aliphatic carbocycles. The van der Waals surface area contributed by atoms with Crippen LogP contribution < -0.4 is 5.32 Å². The molecule has 0 aromatic carbocycles. The number of nitrogens with one attached hydrogen (secondary N) is 1. The van der Waals surface area contributed by atoms with Crippen LogP contribution in [0.15, 0.2) is 48.6 Å². The van der Waals surface area contributed by atoms with Gasteiger partial charge in [-0.1, -0.05) is 300 Å². The number of allylic oxidation sites excluding steroid dienone is 7. The van der Waals surface area contributed by atoms with Gasteiger partial charge in [-0.3, -0.25) is 4.79 Å². The molecule has 0 aromatic rings. The predicted molar refractivity (Wildman–Crippen MR) is 299 cm³/mol. The third-order valence-electron chi connectivity index (χ3n) is 14.0. The number of carbonyl (C=O) groups is 1. The van der Waals surface area contributed by atoms with Crippen molar-refractivity contribution in [2.45, 2.75) is 341 Å². The first-order valence-corrected chi connectivity index (χ1v) is 30.4. The molecular weight excluding hydrogens is 819 g/mol. The topological polar surface area (TPSA) is 69.6 Å². The minimum Gasteiger partial charge on any atom is -0.394 e. The van der Waals surface area contributed by atoms with Gasteiger partial charge in [0, 0.05) is 6.42 Å². The van der Waals surface area contributed by atoms with Crippen molar-refractivity contribution in [2.24, 2.45) is 0 Å². The van der Waals surface area contributed by atoms with Gasteiger partial charge < -0.3 is 15.5 Å². The average molecular weight is 939 g/mol. The first kappa shape index (κ1) is 65.3. The van der Waals surface area contributed by atoms with Gasteiger partial charge >= 0.3 is 0 Å². The average Bonchev–Trinajstić information content (AvgIpc) is 3.33. The Morgan fingerprint density at radius 1 is 0.343 bits per heavy atom. The second kappa shape index (κ2) is 58.7. The highest BCUT2D eigenvalue weighted by Crippen LogP contribution is 2.17. The van der Waals surface area contributed by atoms with Crippen LogP contribution in [0.1, 0.15) is 328 Å². The van der Waals surface area contributed by atoms with E-state index in [4.69, 9.17) is 0 Å². The number of unbranched alkanes of at least 4 members (excludes halogenated alkanes) is 43. The van der Waals surface area contributed by atoms with Gasteiger partial charge in [0.1, 0.15) is 0 Å². The van der Waals surface area contributed by atoms with Crippen molar-refractivity contribution in [3.8, 4) is 0 Å². The Bertz CT molecular complexity index is 1060. The van der Waals surface area contributed by atoms with Gasteiger partial charge in [-0.05, 0) is 70.6 Å². The van der Waals surface area contributed by atoms with Gasteiger partial charge in [-0.2, -0.15) is 0 Å². The standard InChI is InChI=1S/C63H119NO3/c1-3-5-7-9-11-13-15-17-19-21-23-25-27-29-30-31-32-33-34-35-37-39-41-43-45-47-49-51-53-55-57-59-63(67)64-61(60-65)62(66)58-56-54-52-50-48-46-44-42-40-38-36-28-26-24-22-20-18-16-14-12-10-8-6-4-2/h21,23,40,42,48,50,56,58,61-62,65-66H,3-20,22,24-39,41,43-47,49,51-55,57,59-60H2,1-2H3,(H,64,67)/b23-21-,42-40+,50-48+,58-56+. The fourth-order valence-corrected chi connectivity index (χ4v) is 9.39. The van der Waals surface area contributed by atoms with Crippen LogP contribution in [0.5, 0.6) is 0 Å². The summed E-state index contributed by atoms with van der Waals surface area (Å²) in [6, 6.07) is -0.646. The second-order valence-corrected chi connectivity index (χ2v) is 20.7. The van der Waals surface area contributed by atoms with Crippen LogP contribution in [0.3, 0.4) is 0 Å². The highest BCUT2D eigenvalue weighted by molar-refractivity contribution is 5.76.